The summed E-state index contributed by atoms with van der Waals surface area (Å²) in [6.07, 6.45) is 15.1. The van der Waals surface area contributed by atoms with E-state index >= 15 is 0 Å². The highest BCUT2D eigenvalue weighted by Gasteiger charge is 2.32. The van der Waals surface area contributed by atoms with Crippen LogP contribution in [0.4, 0.5) is 0 Å². The molecule has 0 amide bonds. The van der Waals surface area contributed by atoms with Gasteiger partial charge in [-0.3, -0.25) is 4.79 Å². The number of hydrogen-bond donors (Lipinski definition) is 2. The number of carbonyl (C=O) groups excluding carboxylic acids is 1. The maximum Gasteiger partial charge on any atom is 0.139 e. The standard InChI is InChI=1S/C15H18O3/c16-13(11-14(17)7-3-1-4-8-14)12-15(18)9-5-2-6-10-15/h1-7,9,17-18H,8,10-12H2. The fourth-order valence-electron chi connectivity index (χ4n) is 2.31. The molecule has 96 valence electrons. The highest BCUT2D eigenvalue weighted by atomic mass is 16.3. The van der Waals surface area contributed by atoms with E-state index in [-0.39, 0.29) is 18.6 Å². The molecule has 18 heavy (non-hydrogen) atoms. The minimum atomic E-state index is -1.09. The maximum absolute atomic E-state index is 12.0. The van der Waals surface area contributed by atoms with Gasteiger partial charge in [0.25, 0.3) is 0 Å². The zero-order valence-corrected chi connectivity index (χ0v) is 10.2. The summed E-state index contributed by atoms with van der Waals surface area (Å²) in [6, 6.07) is 0. The summed E-state index contributed by atoms with van der Waals surface area (Å²) in [6.45, 7) is 0. The zero-order valence-electron chi connectivity index (χ0n) is 10.2. The monoisotopic (exact) mass is 246 g/mol. The van der Waals surface area contributed by atoms with E-state index in [0.717, 1.165) is 0 Å². The predicted octanol–water partition coefficient (Wildman–Crippen LogP) is 1.83. The van der Waals surface area contributed by atoms with E-state index in [0.29, 0.717) is 12.8 Å². The minimum absolute atomic E-state index is 0.0493. The lowest BCUT2D eigenvalue weighted by atomic mass is 9.84. The van der Waals surface area contributed by atoms with Crippen LogP contribution >= 0.6 is 0 Å². The molecule has 2 aliphatic rings. The van der Waals surface area contributed by atoms with Crippen LogP contribution in [0.3, 0.4) is 0 Å². The fraction of sp³-hybridized carbons (Fsp3) is 0.400. The first-order chi connectivity index (χ1) is 8.52. The molecule has 0 bridgehead atoms. The van der Waals surface area contributed by atoms with Gasteiger partial charge in [-0.25, -0.2) is 0 Å². The molecule has 0 fully saturated rings. The van der Waals surface area contributed by atoms with Crippen LogP contribution in [0, 0.1) is 0 Å². The van der Waals surface area contributed by atoms with E-state index in [1.165, 1.54) is 0 Å². The van der Waals surface area contributed by atoms with Crippen molar-refractivity contribution in [1.29, 1.82) is 0 Å². The quantitative estimate of drug-likeness (QED) is 0.795. The molecule has 0 radical (unpaired) electrons. The van der Waals surface area contributed by atoms with Crippen LogP contribution in [0.25, 0.3) is 0 Å². The molecule has 3 heteroatoms. The molecule has 0 saturated carbocycles. The lowest BCUT2D eigenvalue weighted by molar-refractivity contribution is -0.125. The number of ketones is 1. The van der Waals surface area contributed by atoms with Gasteiger partial charge < -0.3 is 10.2 Å². The van der Waals surface area contributed by atoms with Crippen molar-refractivity contribution in [1.82, 2.24) is 0 Å². The van der Waals surface area contributed by atoms with Gasteiger partial charge in [-0.2, -0.15) is 0 Å². The molecule has 0 spiro atoms. The maximum atomic E-state index is 12.0. The Morgan fingerprint density at radius 1 is 0.889 bits per heavy atom. The Kier molecular flexibility index (Phi) is 3.64. The van der Waals surface area contributed by atoms with E-state index in [1.54, 1.807) is 24.3 Å². The van der Waals surface area contributed by atoms with Gasteiger partial charge in [0, 0.05) is 12.8 Å². The zero-order chi connectivity index (χ0) is 13.1. The van der Waals surface area contributed by atoms with Gasteiger partial charge in [0.15, 0.2) is 0 Å². The van der Waals surface area contributed by atoms with Gasteiger partial charge in [0.2, 0.25) is 0 Å². The number of aliphatic hydroxyl groups is 2. The number of carbonyl (C=O) groups is 1. The van der Waals surface area contributed by atoms with Gasteiger partial charge in [-0.05, 0) is 12.8 Å². The second-order valence-electron chi connectivity index (χ2n) is 5.08. The van der Waals surface area contributed by atoms with E-state index in [1.807, 2.05) is 24.3 Å². The number of Topliss-reactive ketones (excluding diaryl/α,β-unsaturated/α-hetero) is 1. The third-order valence-electron chi connectivity index (χ3n) is 3.26. The Bertz CT molecular complexity index is 405. The smallest absolute Gasteiger partial charge is 0.139 e. The molecule has 0 aromatic carbocycles. The number of rotatable bonds is 4. The summed E-state index contributed by atoms with van der Waals surface area (Å²) in [5, 5.41) is 20.4. The van der Waals surface area contributed by atoms with Crippen LogP contribution < -0.4 is 0 Å². The average Bonchev–Trinajstić information content (AvgIpc) is 2.29. The van der Waals surface area contributed by atoms with Crippen molar-refractivity contribution in [3.63, 3.8) is 0 Å². The first-order valence-corrected chi connectivity index (χ1v) is 6.17. The highest BCUT2D eigenvalue weighted by Crippen LogP contribution is 2.27. The Balaban J connectivity index is 1.93. The molecular weight excluding hydrogens is 228 g/mol. The Morgan fingerprint density at radius 2 is 1.33 bits per heavy atom. The minimum Gasteiger partial charge on any atom is -0.385 e. The van der Waals surface area contributed by atoms with Crippen molar-refractivity contribution in [2.45, 2.75) is 36.9 Å². The molecule has 2 N–H and O–H groups in total. The molecule has 0 aromatic heterocycles. The second-order valence-corrected chi connectivity index (χ2v) is 5.08. The molecule has 3 nitrogen and oxygen atoms in total. The molecule has 2 aliphatic carbocycles. The van der Waals surface area contributed by atoms with Gasteiger partial charge in [-0.1, -0.05) is 48.6 Å². The first-order valence-electron chi connectivity index (χ1n) is 6.17. The number of allylic oxidation sites excluding steroid dienone is 4. The van der Waals surface area contributed by atoms with Crippen LogP contribution in [0.2, 0.25) is 0 Å². The highest BCUT2D eigenvalue weighted by molar-refractivity contribution is 5.81. The normalized spacial score (nSPS) is 33.9. The van der Waals surface area contributed by atoms with Gasteiger partial charge in [-0.15, -0.1) is 0 Å². The summed E-state index contributed by atoms with van der Waals surface area (Å²) >= 11 is 0. The largest absolute Gasteiger partial charge is 0.385 e. The van der Waals surface area contributed by atoms with Crippen LogP contribution in [0.15, 0.2) is 48.6 Å². The summed E-state index contributed by atoms with van der Waals surface area (Å²) in [5.41, 5.74) is -2.17. The summed E-state index contributed by atoms with van der Waals surface area (Å²) in [5.74, 6) is -0.125. The first kappa shape index (κ1) is 13.0. The fourth-order valence-corrected chi connectivity index (χ4v) is 2.31. The topological polar surface area (TPSA) is 57.5 Å². The molecule has 0 saturated heterocycles. The predicted molar refractivity (Wildman–Crippen MR) is 69.9 cm³/mol. The second kappa shape index (κ2) is 5.04. The Labute approximate surface area is 107 Å². The number of hydrogen-bond acceptors (Lipinski definition) is 3. The van der Waals surface area contributed by atoms with Gasteiger partial charge in [0.05, 0.1) is 11.2 Å². The van der Waals surface area contributed by atoms with Crippen molar-refractivity contribution in [3.05, 3.63) is 48.6 Å². The third-order valence-corrected chi connectivity index (χ3v) is 3.26. The molecule has 0 aliphatic heterocycles. The third kappa shape index (κ3) is 3.28. The summed E-state index contributed by atoms with van der Waals surface area (Å²) in [7, 11) is 0. The molecular formula is C15H18O3. The lowest BCUT2D eigenvalue weighted by Crippen LogP contribution is -2.35. The van der Waals surface area contributed by atoms with Crippen molar-refractivity contribution in [3.8, 4) is 0 Å². The summed E-state index contributed by atoms with van der Waals surface area (Å²) in [4.78, 5) is 12.0. The van der Waals surface area contributed by atoms with Crippen molar-refractivity contribution < 1.29 is 15.0 Å². The van der Waals surface area contributed by atoms with Crippen LogP contribution in [0.1, 0.15) is 25.7 Å². The molecule has 0 heterocycles. The molecule has 2 atom stereocenters. The van der Waals surface area contributed by atoms with E-state index in [2.05, 4.69) is 0 Å². The summed E-state index contributed by atoms with van der Waals surface area (Å²) < 4.78 is 0. The van der Waals surface area contributed by atoms with Crippen molar-refractivity contribution in [2.75, 3.05) is 0 Å². The van der Waals surface area contributed by atoms with Gasteiger partial charge in [0.1, 0.15) is 5.78 Å². The van der Waals surface area contributed by atoms with E-state index < -0.39 is 11.2 Å². The molecule has 0 aromatic rings. The van der Waals surface area contributed by atoms with Crippen LogP contribution in [-0.4, -0.2) is 27.2 Å². The SMILES string of the molecule is O=C(CC1(O)C=CC=CC1)CC1(O)C=CC=CC1. The van der Waals surface area contributed by atoms with Gasteiger partial charge >= 0.3 is 0 Å². The van der Waals surface area contributed by atoms with Crippen LogP contribution in [-0.2, 0) is 4.79 Å². The molecule has 2 rings (SSSR count). The Morgan fingerprint density at radius 3 is 1.67 bits per heavy atom. The van der Waals surface area contributed by atoms with Crippen molar-refractivity contribution >= 4 is 5.78 Å². The van der Waals surface area contributed by atoms with Crippen molar-refractivity contribution in [2.24, 2.45) is 0 Å². The van der Waals surface area contributed by atoms with E-state index in [4.69, 9.17) is 0 Å². The van der Waals surface area contributed by atoms with E-state index in [9.17, 15) is 15.0 Å². The van der Waals surface area contributed by atoms with Crippen LogP contribution in [0.5, 0.6) is 0 Å². The average molecular weight is 246 g/mol. The lowest BCUT2D eigenvalue weighted by Gasteiger charge is -2.28. The molecule has 2 unspecified atom stereocenters. The Hall–Kier alpha value is -1.45.